The first-order chi connectivity index (χ1) is 9.49. The molecule has 0 atom stereocenters. The molecular formula is C11H11N5O3S. The molecule has 8 nitrogen and oxygen atoms in total. The number of aromatic nitrogens is 4. The van der Waals surface area contributed by atoms with Crippen molar-refractivity contribution in [2.75, 3.05) is 4.72 Å². The van der Waals surface area contributed by atoms with E-state index in [1.165, 1.54) is 12.3 Å². The van der Waals surface area contributed by atoms with Crippen LogP contribution in [0.1, 0.15) is 5.69 Å². The van der Waals surface area contributed by atoms with Gasteiger partial charge in [-0.25, -0.2) is 13.0 Å². The van der Waals surface area contributed by atoms with Gasteiger partial charge in [-0.05, 0) is 29.4 Å². The quantitative estimate of drug-likeness (QED) is 0.774. The number of rotatable bonds is 3. The minimum Gasteiger partial charge on any atom is -0.276 e. The summed E-state index contributed by atoms with van der Waals surface area (Å²) in [5.74, 6) is 0. The van der Waals surface area contributed by atoms with Gasteiger partial charge < -0.3 is 0 Å². The van der Waals surface area contributed by atoms with E-state index in [2.05, 4.69) is 24.8 Å². The maximum atomic E-state index is 12.4. The highest BCUT2D eigenvalue weighted by atomic mass is 32.2. The van der Waals surface area contributed by atoms with Crippen molar-refractivity contribution in [2.45, 2.75) is 11.8 Å². The van der Waals surface area contributed by atoms with Crippen molar-refractivity contribution >= 4 is 26.7 Å². The summed E-state index contributed by atoms with van der Waals surface area (Å²) in [5, 5.41) is 11.2. The molecule has 2 aromatic heterocycles. The fourth-order valence-electron chi connectivity index (χ4n) is 1.80. The molecule has 0 aliphatic heterocycles. The lowest BCUT2D eigenvalue weighted by Crippen LogP contribution is -2.14. The molecule has 0 fully saturated rings. The van der Waals surface area contributed by atoms with E-state index in [0.717, 1.165) is 0 Å². The second kappa shape index (κ2) is 4.30. The monoisotopic (exact) mass is 293 g/mol. The Morgan fingerprint density at radius 2 is 2.10 bits per heavy atom. The lowest BCUT2D eigenvalue weighted by molar-refractivity contribution is 0.315. The van der Waals surface area contributed by atoms with Crippen molar-refractivity contribution in [2.24, 2.45) is 7.05 Å². The predicted molar refractivity (Wildman–Crippen MR) is 70.6 cm³/mol. The largest absolute Gasteiger partial charge is 0.276 e. The van der Waals surface area contributed by atoms with Crippen molar-refractivity contribution in [3.63, 3.8) is 0 Å². The molecule has 104 valence electrons. The van der Waals surface area contributed by atoms with Gasteiger partial charge in [0.15, 0.2) is 5.52 Å². The van der Waals surface area contributed by atoms with Crippen LogP contribution < -0.4 is 4.72 Å². The number of benzene rings is 1. The first-order valence-electron chi connectivity index (χ1n) is 5.72. The Hall–Kier alpha value is -2.42. The van der Waals surface area contributed by atoms with Crippen molar-refractivity contribution in [3.05, 3.63) is 30.1 Å². The summed E-state index contributed by atoms with van der Waals surface area (Å²) in [6.07, 6.45) is 1.45. The van der Waals surface area contributed by atoms with Gasteiger partial charge in [-0.3, -0.25) is 9.40 Å². The van der Waals surface area contributed by atoms with Gasteiger partial charge in [-0.15, -0.1) is 0 Å². The van der Waals surface area contributed by atoms with E-state index < -0.39 is 10.0 Å². The Balaban J connectivity index is 2.08. The normalized spacial score (nSPS) is 11.9. The molecule has 0 unspecified atom stereocenters. The number of nitrogens with zero attached hydrogens (tertiary/aromatic N) is 4. The van der Waals surface area contributed by atoms with E-state index >= 15 is 0 Å². The lowest BCUT2D eigenvalue weighted by atomic mass is 10.3. The van der Waals surface area contributed by atoms with Crippen LogP contribution in [0.25, 0.3) is 11.0 Å². The number of hydrogen-bond donors (Lipinski definition) is 1. The van der Waals surface area contributed by atoms with Crippen molar-refractivity contribution in [1.29, 1.82) is 0 Å². The number of anilines is 1. The second-order valence-electron chi connectivity index (χ2n) is 4.26. The Morgan fingerprint density at radius 1 is 1.30 bits per heavy atom. The summed E-state index contributed by atoms with van der Waals surface area (Å²) in [4.78, 5) is 0.0134. The zero-order valence-corrected chi connectivity index (χ0v) is 11.5. The summed E-state index contributed by atoms with van der Waals surface area (Å²) in [7, 11) is -2.05. The van der Waals surface area contributed by atoms with Crippen molar-refractivity contribution in [1.82, 2.24) is 20.1 Å². The molecule has 0 aliphatic rings. The van der Waals surface area contributed by atoms with Crippen molar-refractivity contribution < 1.29 is 13.0 Å². The third kappa shape index (κ3) is 1.92. The fraction of sp³-hybridized carbons (Fsp3) is 0.182. The molecule has 0 saturated carbocycles. The SMILES string of the molecule is Cc1c(NS(=O)(=O)c2cccc3nonc23)cnn1C. The highest BCUT2D eigenvalue weighted by Crippen LogP contribution is 2.23. The first-order valence-corrected chi connectivity index (χ1v) is 7.20. The number of nitrogens with one attached hydrogen (secondary N) is 1. The molecule has 0 spiro atoms. The standard InChI is InChI=1S/C11H11N5O3S/c1-7-9(6-12-16(7)2)15-20(17,18)10-5-3-4-8-11(10)14-19-13-8/h3-6,15H,1-2H3. The van der Waals surface area contributed by atoms with Crippen LogP contribution in [0.15, 0.2) is 33.9 Å². The van der Waals surface area contributed by atoms with Crippen LogP contribution in [-0.4, -0.2) is 28.5 Å². The summed E-state index contributed by atoms with van der Waals surface area (Å²) < 4.78 is 33.5. The molecule has 3 rings (SSSR count). The van der Waals surface area contributed by atoms with Gasteiger partial charge in [-0.2, -0.15) is 5.10 Å². The van der Waals surface area contributed by atoms with Crippen LogP contribution in [0.4, 0.5) is 5.69 Å². The minimum absolute atomic E-state index is 0.0134. The Bertz CT molecular complexity index is 880. The average Bonchev–Trinajstić information content (AvgIpc) is 3.00. The molecule has 0 radical (unpaired) electrons. The van der Waals surface area contributed by atoms with E-state index in [4.69, 9.17) is 0 Å². The topological polar surface area (TPSA) is 103 Å². The molecule has 0 aliphatic carbocycles. The van der Waals surface area contributed by atoms with Gasteiger partial charge >= 0.3 is 0 Å². The Labute approximate surface area is 114 Å². The van der Waals surface area contributed by atoms with E-state index in [1.807, 2.05) is 0 Å². The molecule has 9 heteroatoms. The second-order valence-corrected chi connectivity index (χ2v) is 5.91. The van der Waals surface area contributed by atoms with Crippen LogP contribution in [0.5, 0.6) is 0 Å². The highest BCUT2D eigenvalue weighted by Gasteiger charge is 2.21. The molecule has 0 amide bonds. The van der Waals surface area contributed by atoms with Crippen LogP contribution in [-0.2, 0) is 17.1 Å². The van der Waals surface area contributed by atoms with E-state index in [0.29, 0.717) is 16.9 Å². The van der Waals surface area contributed by atoms with E-state index in [1.54, 1.807) is 30.8 Å². The van der Waals surface area contributed by atoms with Gasteiger partial charge in [0, 0.05) is 7.05 Å². The fourth-order valence-corrected chi connectivity index (χ4v) is 3.05. The van der Waals surface area contributed by atoms with Crippen molar-refractivity contribution in [3.8, 4) is 0 Å². The molecule has 0 bridgehead atoms. The number of hydrogen-bond acceptors (Lipinski definition) is 6. The highest BCUT2D eigenvalue weighted by molar-refractivity contribution is 7.93. The zero-order chi connectivity index (χ0) is 14.3. The first kappa shape index (κ1) is 12.6. The summed E-state index contributed by atoms with van der Waals surface area (Å²) >= 11 is 0. The number of aryl methyl sites for hydroxylation is 1. The van der Waals surface area contributed by atoms with E-state index in [-0.39, 0.29) is 10.4 Å². The maximum absolute atomic E-state index is 12.4. The van der Waals surface area contributed by atoms with Gasteiger partial charge in [-0.1, -0.05) is 6.07 Å². The molecule has 20 heavy (non-hydrogen) atoms. The van der Waals surface area contributed by atoms with Gasteiger partial charge in [0.1, 0.15) is 10.4 Å². The van der Waals surface area contributed by atoms with Gasteiger partial charge in [0.2, 0.25) is 0 Å². The molecule has 1 N–H and O–H groups in total. The lowest BCUT2D eigenvalue weighted by Gasteiger charge is -2.07. The average molecular weight is 293 g/mol. The summed E-state index contributed by atoms with van der Waals surface area (Å²) in [5.41, 5.74) is 1.71. The van der Waals surface area contributed by atoms with Crippen LogP contribution in [0, 0.1) is 6.92 Å². The minimum atomic E-state index is -3.78. The Morgan fingerprint density at radius 3 is 2.80 bits per heavy atom. The molecule has 3 aromatic rings. The molecular weight excluding hydrogens is 282 g/mol. The maximum Gasteiger partial charge on any atom is 0.264 e. The molecule has 0 saturated heterocycles. The van der Waals surface area contributed by atoms with Crippen LogP contribution in [0.3, 0.4) is 0 Å². The zero-order valence-electron chi connectivity index (χ0n) is 10.7. The molecule has 1 aromatic carbocycles. The van der Waals surface area contributed by atoms with Gasteiger partial charge in [0.25, 0.3) is 10.0 Å². The smallest absolute Gasteiger partial charge is 0.264 e. The number of fused-ring (bicyclic) bond motifs is 1. The molecule has 2 heterocycles. The third-order valence-corrected chi connectivity index (χ3v) is 4.42. The van der Waals surface area contributed by atoms with Crippen LogP contribution >= 0.6 is 0 Å². The van der Waals surface area contributed by atoms with E-state index in [9.17, 15) is 8.42 Å². The predicted octanol–water partition coefficient (Wildman–Crippen LogP) is 1.07. The Kier molecular flexibility index (Phi) is 2.71. The van der Waals surface area contributed by atoms with Crippen LogP contribution in [0.2, 0.25) is 0 Å². The summed E-state index contributed by atoms with van der Waals surface area (Å²) in [6.45, 7) is 1.77. The van der Waals surface area contributed by atoms with Gasteiger partial charge in [0.05, 0.1) is 17.6 Å². The number of sulfonamides is 1. The third-order valence-electron chi connectivity index (χ3n) is 3.02. The summed E-state index contributed by atoms with van der Waals surface area (Å²) in [6, 6.07) is 4.65.